The molecule has 0 saturated carbocycles. The number of aryl methyl sites for hydroxylation is 1. The third-order valence-corrected chi connectivity index (χ3v) is 1.95. The fourth-order valence-corrected chi connectivity index (χ4v) is 0.784. The summed E-state index contributed by atoms with van der Waals surface area (Å²) in [5.74, 6) is 0.712. The largest absolute Gasteiger partial charge is 0.465 e. The molecule has 0 radical (unpaired) electrons. The third-order valence-electron chi connectivity index (χ3n) is 1.02. The van der Waals surface area contributed by atoms with E-state index in [1.54, 1.807) is 6.92 Å². The van der Waals surface area contributed by atoms with Crippen molar-refractivity contribution in [2.24, 2.45) is 0 Å². The lowest BCUT2D eigenvalue weighted by Gasteiger charge is -1.91. The first-order valence-electron chi connectivity index (χ1n) is 2.73. The van der Waals surface area contributed by atoms with Crippen LogP contribution in [0, 0.1) is 6.92 Å². The van der Waals surface area contributed by atoms with Gasteiger partial charge in [-0.2, -0.15) is 0 Å². The number of aromatic nitrogens is 1. The van der Waals surface area contributed by atoms with Gasteiger partial charge in [-0.25, -0.2) is 4.79 Å². The molecule has 2 N–H and O–H groups in total. The summed E-state index contributed by atoms with van der Waals surface area (Å²) in [6, 6.07) is 0. The number of nitrogens with one attached hydrogen (secondary N) is 1. The van der Waals surface area contributed by atoms with Gasteiger partial charge in [0.2, 0.25) is 0 Å². The fourth-order valence-electron chi connectivity index (χ4n) is 0.540. The van der Waals surface area contributed by atoms with E-state index in [4.69, 9.17) is 5.11 Å². The number of anilines is 1. The Labute approximate surface area is 70.5 Å². The zero-order valence-corrected chi connectivity index (χ0v) is 7.17. The number of carboxylic acid groups (broad SMARTS) is 1. The molecule has 0 aliphatic carbocycles. The molecule has 11 heavy (non-hydrogen) atoms. The molecule has 0 aliphatic heterocycles. The molecular weight excluding hydrogens is 216 g/mol. The summed E-state index contributed by atoms with van der Waals surface area (Å²) in [4.78, 5) is 10.1. The van der Waals surface area contributed by atoms with Crippen LogP contribution in [0.5, 0.6) is 0 Å². The first-order chi connectivity index (χ1) is 5.11. The lowest BCUT2D eigenvalue weighted by Crippen LogP contribution is -2.07. The number of carbonyl (C=O) groups is 1. The summed E-state index contributed by atoms with van der Waals surface area (Å²) in [6.07, 6.45) is -1.17. The van der Waals surface area contributed by atoms with Gasteiger partial charge in [-0.3, -0.25) is 5.32 Å². The maximum Gasteiger partial charge on any atom is 0.410 e. The van der Waals surface area contributed by atoms with Gasteiger partial charge in [0.05, 0.1) is 0 Å². The second-order valence-electron chi connectivity index (χ2n) is 1.83. The minimum Gasteiger partial charge on any atom is -0.465 e. The van der Waals surface area contributed by atoms with E-state index in [9.17, 15) is 4.79 Å². The third kappa shape index (κ3) is 1.70. The van der Waals surface area contributed by atoms with Crippen LogP contribution in [0.2, 0.25) is 0 Å². The Morgan fingerprint density at radius 3 is 2.82 bits per heavy atom. The van der Waals surface area contributed by atoms with Crippen LogP contribution in [0.15, 0.2) is 9.00 Å². The van der Waals surface area contributed by atoms with E-state index in [1.165, 1.54) is 0 Å². The van der Waals surface area contributed by atoms with Crippen molar-refractivity contribution in [1.82, 2.24) is 5.16 Å². The maximum absolute atomic E-state index is 10.1. The van der Waals surface area contributed by atoms with Crippen molar-refractivity contribution in [3.63, 3.8) is 0 Å². The standard InChI is InChI=1S/C5H5BrN2O3/c1-2-3(6)4(8-11-2)7-5(9)10/h1H3,(H,7,8)(H,9,10). The van der Waals surface area contributed by atoms with Crippen LogP contribution in [-0.2, 0) is 0 Å². The quantitative estimate of drug-likeness (QED) is 0.758. The summed E-state index contributed by atoms with van der Waals surface area (Å²) in [5, 5.41) is 13.8. The van der Waals surface area contributed by atoms with E-state index in [-0.39, 0.29) is 5.82 Å². The number of hydrogen-bond donors (Lipinski definition) is 2. The van der Waals surface area contributed by atoms with Crippen molar-refractivity contribution in [2.75, 3.05) is 5.32 Å². The van der Waals surface area contributed by atoms with Gasteiger partial charge < -0.3 is 9.63 Å². The Hall–Kier alpha value is -1.04. The Bertz CT molecular complexity index is 283. The molecule has 5 nitrogen and oxygen atoms in total. The topological polar surface area (TPSA) is 75.4 Å². The van der Waals surface area contributed by atoms with Crippen molar-refractivity contribution >= 4 is 27.8 Å². The Morgan fingerprint density at radius 2 is 2.45 bits per heavy atom. The van der Waals surface area contributed by atoms with E-state index >= 15 is 0 Å². The predicted octanol–water partition coefficient (Wildman–Crippen LogP) is 1.84. The fraction of sp³-hybridized carbons (Fsp3) is 0.200. The molecule has 6 heteroatoms. The Morgan fingerprint density at radius 1 is 1.82 bits per heavy atom. The number of nitrogens with zero attached hydrogens (tertiary/aromatic N) is 1. The van der Waals surface area contributed by atoms with Crippen LogP contribution in [0.25, 0.3) is 0 Å². The monoisotopic (exact) mass is 220 g/mol. The lowest BCUT2D eigenvalue weighted by molar-refractivity contribution is 0.209. The van der Waals surface area contributed by atoms with E-state index in [0.29, 0.717) is 10.2 Å². The highest BCUT2D eigenvalue weighted by molar-refractivity contribution is 9.10. The first kappa shape index (κ1) is 8.06. The van der Waals surface area contributed by atoms with Gasteiger partial charge in [-0.15, -0.1) is 0 Å². The van der Waals surface area contributed by atoms with Crippen LogP contribution in [-0.4, -0.2) is 16.4 Å². The SMILES string of the molecule is Cc1onc(NC(=O)O)c1Br. The molecular formula is C5H5BrN2O3. The van der Waals surface area contributed by atoms with Crippen molar-refractivity contribution in [3.8, 4) is 0 Å². The first-order valence-corrected chi connectivity index (χ1v) is 3.52. The summed E-state index contributed by atoms with van der Waals surface area (Å²) in [5.41, 5.74) is 0. The molecule has 1 amide bonds. The molecule has 1 aromatic heterocycles. The molecule has 0 spiro atoms. The Kier molecular flexibility index (Phi) is 2.13. The lowest BCUT2D eigenvalue weighted by atomic mass is 10.5. The van der Waals surface area contributed by atoms with Gasteiger partial charge in [-0.1, -0.05) is 5.16 Å². The number of rotatable bonds is 1. The van der Waals surface area contributed by atoms with Crippen LogP contribution >= 0.6 is 15.9 Å². The minimum absolute atomic E-state index is 0.176. The number of halogens is 1. The Balaban J connectivity index is 2.87. The van der Waals surface area contributed by atoms with E-state index in [0.717, 1.165) is 0 Å². The zero-order valence-electron chi connectivity index (χ0n) is 5.59. The van der Waals surface area contributed by atoms with E-state index in [1.807, 2.05) is 0 Å². The molecule has 0 aliphatic rings. The van der Waals surface area contributed by atoms with Crippen LogP contribution < -0.4 is 5.32 Å². The molecule has 0 unspecified atom stereocenters. The highest BCUT2D eigenvalue weighted by atomic mass is 79.9. The number of amides is 1. The van der Waals surface area contributed by atoms with Crippen LogP contribution in [0.4, 0.5) is 10.6 Å². The van der Waals surface area contributed by atoms with Crippen molar-refractivity contribution in [1.29, 1.82) is 0 Å². The molecule has 1 rings (SSSR count). The second-order valence-corrected chi connectivity index (χ2v) is 2.62. The van der Waals surface area contributed by atoms with Crippen LogP contribution in [0.3, 0.4) is 0 Å². The molecule has 0 saturated heterocycles. The zero-order chi connectivity index (χ0) is 8.43. The van der Waals surface area contributed by atoms with Crippen molar-refractivity contribution in [2.45, 2.75) is 6.92 Å². The molecule has 0 bridgehead atoms. The smallest absolute Gasteiger partial charge is 0.410 e. The molecule has 0 fully saturated rings. The molecule has 60 valence electrons. The van der Waals surface area contributed by atoms with E-state index < -0.39 is 6.09 Å². The van der Waals surface area contributed by atoms with Gasteiger partial charge in [0.25, 0.3) is 0 Å². The maximum atomic E-state index is 10.1. The summed E-state index contributed by atoms with van der Waals surface area (Å²) in [7, 11) is 0. The molecule has 1 heterocycles. The number of hydrogen-bond acceptors (Lipinski definition) is 3. The van der Waals surface area contributed by atoms with Gasteiger partial charge >= 0.3 is 6.09 Å². The average molecular weight is 221 g/mol. The van der Waals surface area contributed by atoms with Gasteiger partial charge in [0.15, 0.2) is 5.82 Å². The highest BCUT2D eigenvalue weighted by Crippen LogP contribution is 2.24. The summed E-state index contributed by atoms with van der Waals surface area (Å²) in [6.45, 7) is 1.67. The minimum atomic E-state index is -1.17. The van der Waals surface area contributed by atoms with Gasteiger partial charge in [-0.05, 0) is 22.9 Å². The summed E-state index contributed by atoms with van der Waals surface area (Å²) < 4.78 is 5.20. The molecule has 1 aromatic rings. The van der Waals surface area contributed by atoms with Crippen molar-refractivity contribution < 1.29 is 14.4 Å². The molecule has 0 atom stereocenters. The summed E-state index contributed by atoms with van der Waals surface area (Å²) >= 11 is 3.10. The van der Waals surface area contributed by atoms with Gasteiger partial charge in [0, 0.05) is 0 Å². The van der Waals surface area contributed by atoms with Gasteiger partial charge in [0.1, 0.15) is 10.2 Å². The van der Waals surface area contributed by atoms with Crippen molar-refractivity contribution in [3.05, 3.63) is 10.2 Å². The second kappa shape index (κ2) is 2.91. The van der Waals surface area contributed by atoms with E-state index in [2.05, 4.69) is 30.9 Å². The van der Waals surface area contributed by atoms with Crippen LogP contribution in [0.1, 0.15) is 5.76 Å². The highest BCUT2D eigenvalue weighted by Gasteiger charge is 2.10. The predicted molar refractivity (Wildman–Crippen MR) is 40.6 cm³/mol. The normalized spacial score (nSPS) is 9.64. The molecule has 0 aromatic carbocycles. The average Bonchev–Trinajstić information content (AvgIpc) is 2.18.